The van der Waals surface area contributed by atoms with Gasteiger partial charge in [0, 0.05) is 17.3 Å². The van der Waals surface area contributed by atoms with Crippen LogP contribution in [0.3, 0.4) is 0 Å². The zero-order chi connectivity index (χ0) is 12.0. The van der Waals surface area contributed by atoms with Gasteiger partial charge in [-0.1, -0.05) is 17.7 Å². The van der Waals surface area contributed by atoms with Crippen LogP contribution in [0.4, 0.5) is 5.69 Å². The molecule has 0 radical (unpaired) electrons. The molecule has 0 aliphatic carbocycles. The molecule has 86 valence electrons. The largest absolute Gasteiger partial charge is 0.480 e. The number of benzene rings is 1. The topological polar surface area (TPSA) is 40.5 Å². The summed E-state index contributed by atoms with van der Waals surface area (Å²) in [7, 11) is 0. The average molecular weight is 240 g/mol. The van der Waals surface area contributed by atoms with Crippen LogP contribution in [0.25, 0.3) is 0 Å². The number of anilines is 1. The van der Waals surface area contributed by atoms with Crippen LogP contribution < -0.4 is 4.90 Å². The van der Waals surface area contributed by atoms with Gasteiger partial charge in [0.1, 0.15) is 6.54 Å². The minimum absolute atomic E-state index is 0.0184. The number of halogens is 1. The zero-order valence-electron chi connectivity index (χ0n) is 8.90. The third-order valence-electron chi connectivity index (χ3n) is 2.12. The van der Waals surface area contributed by atoms with Gasteiger partial charge in [0.15, 0.2) is 0 Å². The summed E-state index contributed by atoms with van der Waals surface area (Å²) in [6, 6.07) is 7.13. The number of carboxylic acids is 1. The SMILES string of the molecule is C=CCCN(CC(=O)O)c1ccc(Cl)cc1. The minimum atomic E-state index is -0.848. The Hall–Kier alpha value is -1.48. The number of rotatable bonds is 6. The highest BCUT2D eigenvalue weighted by atomic mass is 35.5. The lowest BCUT2D eigenvalue weighted by molar-refractivity contribution is -0.135. The van der Waals surface area contributed by atoms with Crippen molar-refractivity contribution in [3.63, 3.8) is 0 Å². The predicted octanol–water partition coefficient (Wildman–Crippen LogP) is 2.81. The van der Waals surface area contributed by atoms with Gasteiger partial charge < -0.3 is 10.0 Å². The van der Waals surface area contributed by atoms with E-state index in [1.165, 1.54) is 0 Å². The summed E-state index contributed by atoms with van der Waals surface area (Å²) in [6.45, 7) is 4.24. The fourth-order valence-corrected chi connectivity index (χ4v) is 1.49. The molecule has 1 rings (SSSR count). The van der Waals surface area contributed by atoms with Gasteiger partial charge in [0.25, 0.3) is 0 Å². The fraction of sp³-hybridized carbons (Fsp3) is 0.250. The summed E-state index contributed by atoms with van der Waals surface area (Å²) >= 11 is 5.78. The second-order valence-corrected chi connectivity index (χ2v) is 3.81. The molecule has 1 N–H and O–H groups in total. The van der Waals surface area contributed by atoms with Gasteiger partial charge in [-0.2, -0.15) is 0 Å². The van der Waals surface area contributed by atoms with Crippen molar-refractivity contribution in [3.8, 4) is 0 Å². The van der Waals surface area contributed by atoms with Crippen LogP contribution in [-0.2, 0) is 4.79 Å². The van der Waals surface area contributed by atoms with Crippen molar-refractivity contribution in [1.82, 2.24) is 0 Å². The first-order valence-electron chi connectivity index (χ1n) is 4.96. The van der Waals surface area contributed by atoms with Crippen LogP contribution in [-0.4, -0.2) is 24.2 Å². The van der Waals surface area contributed by atoms with Crippen molar-refractivity contribution in [2.45, 2.75) is 6.42 Å². The third-order valence-corrected chi connectivity index (χ3v) is 2.37. The molecule has 0 atom stereocenters. The van der Waals surface area contributed by atoms with Gasteiger partial charge in [-0.15, -0.1) is 6.58 Å². The van der Waals surface area contributed by atoms with E-state index in [0.717, 1.165) is 12.1 Å². The van der Waals surface area contributed by atoms with E-state index in [-0.39, 0.29) is 6.54 Å². The van der Waals surface area contributed by atoms with Crippen molar-refractivity contribution in [2.24, 2.45) is 0 Å². The number of aliphatic carboxylic acids is 1. The number of hydrogen-bond donors (Lipinski definition) is 1. The van der Waals surface area contributed by atoms with Crippen LogP contribution in [0.15, 0.2) is 36.9 Å². The molecule has 0 saturated carbocycles. The molecular weight excluding hydrogens is 226 g/mol. The molecule has 16 heavy (non-hydrogen) atoms. The zero-order valence-corrected chi connectivity index (χ0v) is 9.65. The Balaban J connectivity index is 2.77. The molecule has 1 aromatic rings. The molecule has 0 aromatic heterocycles. The molecule has 0 spiro atoms. The van der Waals surface area contributed by atoms with E-state index in [2.05, 4.69) is 6.58 Å². The third kappa shape index (κ3) is 3.95. The number of carbonyl (C=O) groups is 1. The minimum Gasteiger partial charge on any atom is -0.480 e. The highest BCUT2D eigenvalue weighted by Crippen LogP contribution is 2.18. The van der Waals surface area contributed by atoms with Gasteiger partial charge in [0.2, 0.25) is 0 Å². The molecule has 0 unspecified atom stereocenters. The molecule has 3 nitrogen and oxygen atoms in total. The maximum Gasteiger partial charge on any atom is 0.323 e. The highest BCUT2D eigenvalue weighted by molar-refractivity contribution is 6.30. The normalized spacial score (nSPS) is 9.81. The second-order valence-electron chi connectivity index (χ2n) is 3.37. The Morgan fingerprint density at radius 1 is 1.44 bits per heavy atom. The molecule has 0 bridgehead atoms. The molecule has 0 aliphatic rings. The van der Waals surface area contributed by atoms with E-state index >= 15 is 0 Å². The summed E-state index contributed by atoms with van der Waals surface area (Å²) in [4.78, 5) is 12.5. The molecule has 0 saturated heterocycles. The summed E-state index contributed by atoms with van der Waals surface area (Å²) in [5, 5.41) is 9.45. The number of carboxylic acid groups (broad SMARTS) is 1. The molecule has 1 aromatic carbocycles. The van der Waals surface area contributed by atoms with Crippen LogP contribution in [0.1, 0.15) is 6.42 Å². The summed E-state index contributed by atoms with van der Waals surface area (Å²) in [5.74, 6) is -0.848. The van der Waals surface area contributed by atoms with E-state index in [1.807, 2.05) is 12.1 Å². The second kappa shape index (κ2) is 6.18. The lowest BCUT2D eigenvalue weighted by Crippen LogP contribution is -2.30. The Morgan fingerprint density at radius 2 is 2.06 bits per heavy atom. The number of nitrogens with zero attached hydrogens (tertiary/aromatic N) is 1. The van der Waals surface area contributed by atoms with Gasteiger partial charge in [0.05, 0.1) is 0 Å². The highest BCUT2D eigenvalue weighted by Gasteiger charge is 2.09. The quantitative estimate of drug-likeness (QED) is 0.776. The lowest BCUT2D eigenvalue weighted by Gasteiger charge is -2.22. The standard InChI is InChI=1S/C12H14ClNO2/c1-2-3-8-14(9-12(15)16)11-6-4-10(13)5-7-11/h2,4-7H,1,3,8-9H2,(H,15,16). The Kier molecular flexibility index (Phi) is 4.86. The van der Waals surface area contributed by atoms with E-state index in [0.29, 0.717) is 11.6 Å². The lowest BCUT2D eigenvalue weighted by atomic mass is 10.2. The first-order valence-corrected chi connectivity index (χ1v) is 5.34. The Labute approximate surface area is 100.0 Å². The number of hydrogen-bond acceptors (Lipinski definition) is 2. The van der Waals surface area contributed by atoms with Crippen molar-refractivity contribution in [3.05, 3.63) is 41.9 Å². The van der Waals surface area contributed by atoms with E-state index < -0.39 is 5.97 Å². The first-order chi connectivity index (χ1) is 7.63. The van der Waals surface area contributed by atoms with Crippen molar-refractivity contribution in [1.29, 1.82) is 0 Å². The van der Waals surface area contributed by atoms with Crippen LogP contribution >= 0.6 is 11.6 Å². The van der Waals surface area contributed by atoms with E-state index in [1.54, 1.807) is 23.1 Å². The molecule has 0 heterocycles. The average Bonchev–Trinajstić information content (AvgIpc) is 2.25. The molecule has 0 aliphatic heterocycles. The fourth-order valence-electron chi connectivity index (χ4n) is 1.36. The maximum atomic E-state index is 10.7. The molecular formula is C12H14ClNO2. The Bertz CT molecular complexity index is 362. The van der Waals surface area contributed by atoms with Gasteiger partial charge in [-0.3, -0.25) is 4.79 Å². The Morgan fingerprint density at radius 3 is 2.56 bits per heavy atom. The smallest absolute Gasteiger partial charge is 0.323 e. The van der Waals surface area contributed by atoms with Gasteiger partial charge >= 0.3 is 5.97 Å². The van der Waals surface area contributed by atoms with Crippen molar-refractivity contribution >= 4 is 23.3 Å². The predicted molar refractivity (Wildman–Crippen MR) is 66.1 cm³/mol. The van der Waals surface area contributed by atoms with Crippen molar-refractivity contribution < 1.29 is 9.90 Å². The van der Waals surface area contributed by atoms with Crippen LogP contribution in [0.2, 0.25) is 5.02 Å². The monoisotopic (exact) mass is 239 g/mol. The first kappa shape index (κ1) is 12.6. The van der Waals surface area contributed by atoms with E-state index in [9.17, 15) is 4.79 Å². The van der Waals surface area contributed by atoms with Crippen molar-refractivity contribution in [2.75, 3.05) is 18.0 Å². The maximum absolute atomic E-state index is 10.7. The summed E-state index contributed by atoms with van der Waals surface area (Å²) in [5.41, 5.74) is 0.855. The molecule has 0 fully saturated rings. The van der Waals surface area contributed by atoms with Gasteiger partial charge in [-0.25, -0.2) is 0 Å². The van der Waals surface area contributed by atoms with E-state index in [4.69, 9.17) is 16.7 Å². The van der Waals surface area contributed by atoms with Crippen LogP contribution in [0.5, 0.6) is 0 Å². The summed E-state index contributed by atoms with van der Waals surface area (Å²) in [6.07, 6.45) is 2.51. The molecule has 4 heteroatoms. The molecule has 0 amide bonds. The van der Waals surface area contributed by atoms with Crippen LogP contribution in [0, 0.1) is 0 Å². The summed E-state index contributed by atoms with van der Waals surface area (Å²) < 4.78 is 0. The van der Waals surface area contributed by atoms with Gasteiger partial charge in [-0.05, 0) is 30.7 Å².